The van der Waals surface area contributed by atoms with Crippen LogP contribution in [0.5, 0.6) is 0 Å². The van der Waals surface area contributed by atoms with Gasteiger partial charge in [-0.05, 0) is 28.4 Å². The van der Waals surface area contributed by atoms with Crippen LogP contribution in [0.25, 0.3) is 0 Å². The lowest BCUT2D eigenvalue weighted by molar-refractivity contribution is 0.418. The van der Waals surface area contributed by atoms with Crippen LogP contribution >= 0.6 is 27.3 Å². The fraction of sp³-hybridized carbons (Fsp3) is 0.333. The standard InChI is InChI=1S/C6H5BrF2N2O2S2/c7-5-10-11-6(14-5)15(12,13)3-1-2-4(8)9/h2H,1,3H2. The van der Waals surface area contributed by atoms with Gasteiger partial charge in [0, 0.05) is 0 Å². The van der Waals surface area contributed by atoms with Crippen molar-refractivity contribution in [2.75, 3.05) is 5.75 Å². The van der Waals surface area contributed by atoms with Gasteiger partial charge in [-0.15, -0.1) is 10.2 Å². The molecule has 0 fully saturated rings. The maximum absolute atomic E-state index is 11.6. The summed E-state index contributed by atoms with van der Waals surface area (Å²) >= 11 is 3.82. The first-order chi connectivity index (χ1) is 6.92. The number of sulfone groups is 1. The van der Waals surface area contributed by atoms with Gasteiger partial charge in [0.05, 0.1) is 5.75 Å². The molecule has 9 heteroatoms. The van der Waals surface area contributed by atoms with Crippen LogP contribution < -0.4 is 0 Å². The van der Waals surface area contributed by atoms with Crippen LogP contribution in [0.15, 0.2) is 20.4 Å². The van der Waals surface area contributed by atoms with Crippen LogP contribution in [0.2, 0.25) is 0 Å². The van der Waals surface area contributed by atoms with E-state index < -0.39 is 21.7 Å². The Bertz CT molecular complexity index is 467. The van der Waals surface area contributed by atoms with E-state index in [1.807, 2.05) is 0 Å². The zero-order chi connectivity index (χ0) is 11.5. The molecule has 0 N–H and O–H groups in total. The Morgan fingerprint density at radius 2 is 2.13 bits per heavy atom. The van der Waals surface area contributed by atoms with Crippen molar-refractivity contribution < 1.29 is 17.2 Å². The zero-order valence-corrected chi connectivity index (χ0v) is 10.4. The van der Waals surface area contributed by atoms with Crippen molar-refractivity contribution >= 4 is 37.1 Å². The second-order valence-electron chi connectivity index (χ2n) is 2.42. The highest BCUT2D eigenvalue weighted by atomic mass is 79.9. The van der Waals surface area contributed by atoms with E-state index >= 15 is 0 Å². The maximum atomic E-state index is 11.6. The van der Waals surface area contributed by atoms with E-state index in [9.17, 15) is 17.2 Å². The van der Waals surface area contributed by atoms with Crippen molar-refractivity contribution in [2.24, 2.45) is 0 Å². The van der Waals surface area contributed by atoms with Crippen LogP contribution in [0.1, 0.15) is 6.42 Å². The first-order valence-electron chi connectivity index (χ1n) is 3.65. The Morgan fingerprint density at radius 3 is 2.60 bits per heavy atom. The van der Waals surface area contributed by atoms with Gasteiger partial charge < -0.3 is 0 Å². The van der Waals surface area contributed by atoms with E-state index in [0.717, 1.165) is 11.3 Å². The topological polar surface area (TPSA) is 59.9 Å². The van der Waals surface area contributed by atoms with Gasteiger partial charge in [-0.3, -0.25) is 0 Å². The minimum atomic E-state index is -3.60. The van der Waals surface area contributed by atoms with Crippen molar-refractivity contribution in [3.05, 3.63) is 16.1 Å². The SMILES string of the molecule is O=S(=O)(CCC=C(F)F)c1nnc(Br)s1. The van der Waals surface area contributed by atoms with Gasteiger partial charge in [0.15, 0.2) is 3.92 Å². The molecule has 0 aromatic carbocycles. The highest BCUT2D eigenvalue weighted by Crippen LogP contribution is 2.21. The first kappa shape index (κ1) is 12.7. The second-order valence-corrected chi connectivity index (χ2v) is 6.96. The molecule has 0 aliphatic rings. The lowest BCUT2D eigenvalue weighted by Gasteiger charge is -1.95. The van der Waals surface area contributed by atoms with Crippen molar-refractivity contribution in [2.45, 2.75) is 10.8 Å². The molecule has 0 saturated carbocycles. The van der Waals surface area contributed by atoms with Crippen LogP contribution in [0.4, 0.5) is 8.78 Å². The quantitative estimate of drug-likeness (QED) is 0.854. The molecule has 15 heavy (non-hydrogen) atoms. The van der Waals surface area contributed by atoms with Gasteiger partial charge >= 0.3 is 0 Å². The summed E-state index contributed by atoms with van der Waals surface area (Å²) in [6, 6.07) is 0. The predicted octanol–water partition coefficient (Wildman–Crippen LogP) is 2.24. The monoisotopic (exact) mass is 318 g/mol. The number of hydrogen-bond donors (Lipinski definition) is 0. The average molecular weight is 319 g/mol. The number of hydrogen-bond acceptors (Lipinski definition) is 5. The summed E-state index contributed by atoms with van der Waals surface area (Å²) in [5.74, 6) is -0.397. The molecule has 0 amide bonds. The van der Waals surface area contributed by atoms with Crippen molar-refractivity contribution in [1.82, 2.24) is 10.2 Å². The summed E-state index contributed by atoms with van der Waals surface area (Å²) in [6.45, 7) is 0. The number of halogens is 3. The summed E-state index contributed by atoms with van der Waals surface area (Å²) < 4.78 is 46.4. The summed E-state index contributed by atoms with van der Waals surface area (Å²) in [5.41, 5.74) is 0. The van der Waals surface area contributed by atoms with Crippen LogP contribution in [0, 0.1) is 0 Å². The van der Waals surface area contributed by atoms with Crippen molar-refractivity contribution in [1.29, 1.82) is 0 Å². The van der Waals surface area contributed by atoms with E-state index in [1.165, 1.54) is 0 Å². The first-order valence-corrected chi connectivity index (χ1v) is 6.91. The number of allylic oxidation sites excluding steroid dienone is 1. The Hall–Kier alpha value is -0.410. The molecule has 0 atom stereocenters. The summed E-state index contributed by atoms with van der Waals surface area (Å²) in [7, 11) is -3.60. The Kier molecular flexibility index (Phi) is 4.29. The van der Waals surface area contributed by atoms with Crippen LogP contribution in [-0.2, 0) is 9.84 Å². The second kappa shape index (κ2) is 5.08. The Labute approximate surface area is 97.1 Å². The smallest absolute Gasteiger partial charge is 0.221 e. The van der Waals surface area contributed by atoms with Gasteiger partial charge in [-0.2, -0.15) is 8.78 Å². The molecule has 1 aromatic heterocycles. The summed E-state index contributed by atoms with van der Waals surface area (Å²) in [6.07, 6.45) is -1.56. The molecule has 1 aromatic rings. The molecule has 0 bridgehead atoms. The lowest BCUT2D eigenvalue weighted by Crippen LogP contribution is -2.05. The molecule has 4 nitrogen and oxygen atoms in total. The number of nitrogens with zero attached hydrogens (tertiary/aromatic N) is 2. The maximum Gasteiger partial charge on any atom is 0.266 e. The fourth-order valence-corrected chi connectivity index (χ4v) is 3.66. The molecule has 0 aliphatic carbocycles. The zero-order valence-electron chi connectivity index (χ0n) is 7.15. The third kappa shape index (κ3) is 3.92. The highest BCUT2D eigenvalue weighted by molar-refractivity contribution is 9.11. The molecule has 0 radical (unpaired) electrons. The molecule has 0 unspecified atom stereocenters. The van der Waals surface area contributed by atoms with Gasteiger partial charge in [-0.1, -0.05) is 11.3 Å². The minimum absolute atomic E-state index is 0.165. The lowest BCUT2D eigenvalue weighted by atomic mass is 10.5. The van der Waals surface area contributed by atoms with Crippen LogP contribution in [0.3, 0.4) is 0 Å². The van der Waals surface area contributed by atoms with Gasteiger partial charge in [0.25, 0.3) is 6.08 Å². The third-order valence-corrected chi connectivity index (χ3v) is 4.88. The predicted molar refractivity (Wildman–Crippen MR) is 54.6 cm³/mol. The van der Waals surface area contributed by atoms with E-state index in [4.69, 9.17) is 0 Å². The third-order valence-electron chi connectivity index (χ3n) is 1.33. The van der Waals surface area contributed by atoms with Crippen molar-refractivity contribution in [3.8, 4) is 0 Å². The summed E-state index contributed by atoms with van der Waals surface area (Å²) in [4.78, 5) is 0. The van der Waals surface area contributed by atoms with E-state index in [2.05, 4.69) is 26.1 Å². The fourth-order valence-electron chi connectivity index (χ4n) is 0.729. The average Bonchev–Trinajstić information content (AvgIpc) is 2.51. The van der Waals surface area contributed by atoms with Gasteiger partial charge in [-0.25, -0.2) is 8.42 Å². The van der Waals surface area contributed by atoms with Gasteiger partial charge in [0.2, 0.25) is 14.2 Å². The van der Waals surface area contributed by atoms with E-state index in [1.54, 1.807) is 0 Å². The molecule has 84 valence electrons. The van der Waals surface area contributed by atoms with Gasteiger partial charge in [0.1, 0.15) is 0 Å². The largest absolute Gasteiger partial charge is 0.266 e. The number of aromatic nitrogens is 2. The molecule has 1 rings (SSSR count). The molecule has 0 saturated heterocycles. The minimum Gasteiger partial charge on any atom is -0.221 e. The molecular weight excluding hydrogens is 314 g/mol. The van der Waals surface area contributed by atoms with E-state index in [0.29, 0.717) is 9.99 Å². The molecule has 0 spiro atoms. The summed E-state index contributed by atoms with van der Waals surface area (Å²) in [5, 5.41) is 6.88. The molecule has 1 heterocycles. The van der Waals surface area contributed by atoms with Crippen LogP contribution in [-0.4, -0.2) is 24.4 Å². The van der Waals surface area contributed by atoms with E-state index in [-0.39, 0.29) is 10.8 Å². The molecule has 0 aliphatic heterocycles. The highest BCUT2D eigenvalue weighted by Gasteiger charge is 2.18. The number of rotatable bonds is 4. The van der Waals surface area contributed by atoms with Crippen molar-refractivity contribution in [3.63, 3.8) is 0 Å². The Balaban J connectivity index is 2.73. The molecular formula is C6H5BrF2N2O2S2. The Morgan fingerprint density at radius 1 is 1.47 bits per heavy atom. The normalized spacial score (nSPS) is 11.4.